The smallest absolute Gasteiger partial charge is 0.417 e. The number of nitrogen functional groups attached to an aromatic ring is 1. The average molecular weight is 691 g/mol. The molecule has 0 unspecified atom stereocenters. The van der Waals surface area contributed by atoms with Crippen molar-refractivity contribution in [2.45, 2.75) is 57.0 Å². The first-order valence-corrected chi connectivity index (χ1v) is 16.7. The predicted molar refractivity (Wildman–Crippen MR) is 169 cm³/mol. The van der Waals surface area contributed by atoms with Gasteiger partial charge in [0.2, 0.25) is 5.88 Å². The zero-order valence-electron chi connectivity index (χ0n) is 25.7. The summed E-state index contributed by atoms with van der Waals surface area (Å²) in [7, 11) is 0. The third kappa shape index (κ3) is 5.98. The van der Waals surface area contributed by atoms with E-state index in [-0.39, 0.29) is 80.5 Å². The Morgan fingerprint density at radius 3 is 2.67 bits per heavy atom. The number of ether oxygens (including phenoxy) is 2. The van der Waals surface area contributed by atoms with Gasteiger partial charge in [-0.05, 0) is 74.1 Å². The number of hydrogen-bond donors (Lipinski definition) is 3. The van der Waals surface area contributed by atoms with Crippen molar-refractivity contribution in [2.24, 2.45) is 11.3 Å². The Balaban J connectivity index is 1.38. The Kier molecular flexibility index (Phi) is 8.53. The highest BCUT2D eigenvalue weighted by atomic mass is 32.1. The number of nitrogens with zero attached hydrogens (tertiary/aromatic N) is 3. The lowest BCUT2D eigenvalue weighted by Crippen LogP contribution is -2.52. The topological polar surface area (TPSA) is 118 Å². The maximum atomic E-state index is 16.9. The Hall–Kier alpha value is -3.87. The predicted octanol–water partition coefficient (Wildman–Crippen LogP) is 6.89. The minimum absolute atomic E-state index is 0.0109. The van der Waals surface area contributed by atoms with E-state index in [1.165, 1.54) is 0 Å². The minimum atomic E-state index is -5.09. The Morgan fingerprint density at radius 1 is 1.15 bits per heavy atom. The van der Waals surface area contributed by atoms with Crippen LogP contribution in [0.15, 0.2) is 18.2 Å². The molecule has 1 spiro atoms. The summed E-state index contributed by atoms with van der Waals surface area (Å²) in [5.41, 5.74) is 2.56. The van der Waals surface area contributed by atoms with E-state index in [1.807, 2.05) is 6.07 Å². The van der Waals surface area contributed by atoms with Crippen molar-refractivity contribution in [3.8, 4) is 29.1 Å². The van der Waals surface area contributed by atoms with Crippen LogP contribution in [0.25, 0.3) is 32.1 Å². The molecule has 48 heavy (non-hydrogen) atoms. The number of hydrogen-bond acceptors (Lipinski definition) is 9. The normalized spacial score (nSPS) is 22.7. The van der Waals surface area contributed by atoms with Crippen molar-refractivity contribution in [1.29, 1.82) is 5.26 Å². The summed E-state index contributed by atoms with van der Waals surface area (Å²) in [6, 6.07) is 4.14. The van der Waals surface area contributed by atoms with Crippen molar-refractivity contribution in [1.82, 2.24) is 20.6 Å². The first kappa shape index (κ1) is 32.7. The molecule has 4 heterocycles. The van der Waals surface area contributed by atoms with E-state index in [2.05, 4.69) is 20.6 Å². The molecule has 0 amide bonds. The first-order valence-electron chi connectivity index (χ1n) is 15.8. The molecule has 2 saturated heterocycles. The molecule has 4 aromatic rings. The maximum Gasteiger partial charge on any atom is 0.417 e. The van der Waals surface area contributed by atoms with Crippen LogP contribution in [0.2, 0.25) is 0 Å². The van der Waals surface area contributed by atoms with Crippen LogP contribution in [0.3, 0.4) is 0 Å². The van der Waals surface area contributed by atoms with Crippen molar-refractivity contribution in [3.05, 3.63) is 41.0 Å². The van der Waals surface area contributed by atoms with Crippen LogP contribution < -0.4 is 25.8 Å². The molecule has 2 aromatic heterocycles. The monoisotopic (exact) mass is 690 g/mol. The standard InChI is InChI=1S/C33H32F6N6O2S/c34-17-8-16(2-1-7-42-12-17)13-46-31-44-27-20(30(45-31)47-18-5-6-32(10-18)14-43-15-32)9-22(33(37,38)39)25(26(27)36)19-3-4-23(35)28-24(19)21(11-40)29(41)48-28/h3-4,9,16-18,42-43H,1-2,5-8,10,12-15,41H2/t16-,17-,18-/m1/s1. The molecule has 7 rings (SSSR count). The van der Waals surface area contributed by atoms with Crippen LogP contribution in [0.1, 0.15) is 49.7 Å². The first-order chi connectivity index (χ1) is 23.0. The fraction of sp³-hybridized carbons (Fsp3) is 0.485. The quantitative estimate of drug-likeness (QED) is 0.187. The van der Waals surface area contributed by atoms with Gasteiger partial charge in [0.1, 0.15) is 34.7 Å². The summed E-state index contributed by atoms with van der Waals surface area (Å²) in [6.45, 7) is 2.48. The average Bonchev–Trinajstić information content (AvgIpc) is 3.60. The van der Waals surface area contributed by atoms with E-state index < -0.39 is 40.6 Å². The summed E-state index contributed by atoms with van der Waals surface area (Å²) < 4.78 is 103. The SMILES string of the molecule is N#Cc1c(N)sc2c(F)ccc(-c3c(C(F)(F)F)cc4c(O[C@@H]5CCC6(CNC6)C5)nc(OC[C@@H]5CCCNC[C@H](F)C5)nc4c3F)c12. The number of nitrogens with one attached hydrogen (secondary N) is 2. The van der Waals surface area contributed by atoms with Crippen LogP contribution in [0.5, 0.6) is 11.9 Å². The zero-order chi connectivity index (χ0) is 33.8. The number of anilines is 1. The molecule has 1 aliphatic carbocycles. The summed E-state index contributed by atoms with van der Waals surface area (Å²) in [6.07, 6.45) is -2.77. The highest BCUT2D eigenvalue weighted by Gasteiger charge is 2.45. The molecule has 3 fully saturated rings. The van der Waals surface area contributed by atoms with Gasteiger partial charge in [-0.2, -0.15) is 28.4 Å². The molecule has 15 heteroatoms. The Labute approximate surface area is 275 Å². The summed E-state index contributed by atoms with van der Waals surface area (Å²) in [4.78, 5) is 8.57. The molecule has 3 atom stereocenters. The Bertz CT molecular complexity index is 1920. The van der Waals surface area contributed by atoms with E-state index in [0.717, 1.165) is 44.1 Å². The van der Waals surface area contributed by atoms with Gasteiger partial charge in [-0.1, -0.05) is 6.07 Å². The fourth-order valence-corrected chi connectivity index (χ4v) is 8.17. The molecule has 3 aliphatic rings. The number of aromatic nitrogens is 2. The van der Waals surface area contributed by atoms with Crippen LogP contribution in [0, 0.1) is 34.3 Å². The molecule has 2 aliphatic heterocycles. The van der Waals surface area contributed by atoms with Crippen molar-refractivity contribution >= 4 is 37.3 Å². The summed E-state index contributed by atoms with van der Waals surface area (Å²) in [5.74, 6) is -2.63. The van der Waals surface area contributed by atoms with Gasteiger partial charge in [0.05, 0.1) is 27.8 Å². The van der Waals surface area contributed by atoms with E-state index in [0.29, 0.717) is 37.1 Å². The number of alkyl halides is 4. The lowest BCUT2D eigenvalue weighted by Gasteiger charge is -2.39. The van der Waals surface area contributed by atoms with Gasteiger partial charge in [-0.15, -0.1) is 11.3 Å². The third-order valence-corrected chi connectivity index (χ3v) is 10.7. The number of halogens is 6. The van der Waals surface area contributed by atoms with Gasteiger partial charge >= 0.3 is 12.2 Å². The molecule has 8 nitrogen and oxygen atoms in total. The molecular weight excluding hydrogens is 658 g/mol. The second-order valence-corrected chi connectivity index (χ2v) is 14.1. The van der Waals surface area contributed by atoms with Gasteiger partial charge in [0.15, 0.2) is 5.82 Å². The van der Waals surface area contributed by atoms with E-state index in [4.69, 9.17) is 15.2 Å². The number of nitriles is 1. The highest BCUT2D eigenvalue weighted by Crippen LogP contribution is 2.49. The number of nitrogens with two attached hydrogens (primary N) is 1. The Morgan fingerprint density at radius 2 is 1.96 bits per heavy atom. The molecule has 1 saturated carbocycles. The second kappa shape index (κ2) is 12.5. The molecule has 4 N–H and O–H groups in total. The molecule has 0 radical (unpaired) electrons. The van der Waals surface area contributed by atoms with Crippen molar-refractivity contribution in [2.75, 3.05) is 38.5 Å². The van der Waals surface area contributed by atoms with Crippen molar-refractivity contribution < 1.29 is 35.8 Å². The van der Waals surface area contributed by atoms with Gasteiger partial charge in [-0.3, -0.25) is 0 Å². The van der Waals surface area contributed by atoms with Crippen LogP contribution in [-0.2, 0) is 6.18 Å². The van der Waals surface area contributed by atoms with E-state index in [1.54, 1.807) is 0 Å². The lowest BCUT2D eigenvalue weighted by molar-refractivity contribution is -0.137. The number of benzene rings is 2. The highest BCUT2D eigenvalue weighted by molar-refractivity contribution is 7.23. The van der Waals surface area contributed by atoms with Gasteiger partial charge in [-0.25, -0.2) is 13.2 Å². The van der Waals surface area contributed by atoms with Gasteiger partial charge in [0.25, 0.3) is 0 Å². The number of thiophene rings is 1. The van der Waals surface area contributed by atoms with Gasteiger partial charge < -0.3 is 25.8 Å². The molecule has 2 aromatic carbocycles. The molecule has 254 valence electrons. The largest absolute Gasteiger partial charge is 0.474 e. The van der Waals surface area contributed by atoms with Crippen molar-refractivity contribution in [3.63, 3.8) is 0 Å². The summed E-state index contributed by atoms with van der Waals surface area (Å²) >= 11 is 0.689. The number of rotatable bonds is 6. The summed E-state index contributed by atoms with van der Waals surface area (Å²) in [5, 5.41) is 15.4. The van der Waals surface area contributed by atoms with E-state index >= 15 is 4.39 Å². The lowest BCUT2D eigenvalue weighted by atomic mass is 9.80. The second-order valence-electron chi connectivity index (χ2n) is 13.0. The third-order valence-electron chi connectivity index (χ3n) is 9.68. The van der Waals surface area contributed by atoms with Gasteiger partial charge in [0, 0.05) is 30.6 Å². The van der Waals surface area contributed by atoms with Crippen LogP contribution >= 0.6 is 11.3 Å². The minimum Gasteiger partial charge on any atom is -0.474 e. The molecular formula is C33H32F6N6O2S. The molecule has 0 bridgehead atoms. The fourth-order valence-electron chi connectivity index (χ4n) is 7.22. The number of fused-ring (bicyclic) bond motifs is 2. The zero-order valence-corrected chi connectivity index (χ0v) is 26.5. The maximum absolute atomic E-state index is 16.9. The van der Waals surface area contributed by atoms with Crippen LogP contribution in [-0.4, -0.2) is 55.0 Å². The van der Waals surface area contributed by atoms with Crippen LogP contribution in [0.4, 0.5) is 31.3 Å². The van der Waals surface area contributed by atoms with E-state index in [9.17, 15) is 27.2 Å².